The van der Waals surface area contributed by atoms with Gasteiger partial charge in [-0.3, -0.25) is 0 Å². The number of aromatic nitrogens is 1. The van der Waals surface area contributed by atoms with E-state index in [2.05, 4.69) is 48.8 Å². The van der Waals surface area contributed by atoms with Crippen molar-refractivity contribution < 1.29 is 4.21 Å². The number of hydrogen-bond donors (Lipinski definition) is 0. The molecule has 0 aliphatic carbocycles. The third-order valence-corrected chi connectivity index (χ3v) is 5.11. The lowest BCUT2D eigenvalue weighted by Gasteiger charge is -2.15. The number of aryl methyl sites for hydroxylation is 1. The van der Waals surface area contributed by atoms with Crippen LogP contribution in [0.3, 0.4) is 0 Å². The van der Waals surface area contributed by atoms with E-state index in [1.165, 1.54) is 16.5 Å². The van der Waals surface area contributed by atoms with Gasteiger partial charge < -0.3 is 9.47 Å². The highest BCUT2D eigenvalue weighted by Crippen LogP contribution is 2.27. The average Bonchev–Trinajstić information content (AvgIpc) is 2.96. The molecule has 0 aliphatic heterocycles. The van der Waals surface area contributed by atoms with E-state index in [9.17, 15) is 4.21 Å². The highest BCUT2D eigenvalue weighted by Gasteiger charge is 2.15. The summed E-state index contributed by atoms with van der Waals surface area (Å²) in [5.74, 6) is 0. The molecule has 0 saturated carbocycles. The van der Waals surface area contributed by atoms with E-state index in [4.69, 9.17) is 0 Å². The Bertz CT molecular complexity index is 647. The molecule has 130 valence electrons. The molecule has 1 unspecified atom stereocenters. The standard InChI is InChI=1S/C16H25N3OS.C2H6/c1-6-13-14-9-10-19(12-11-17(2)3)15(14)7-8-16(13)21(20)18(4)5;1-2/h7-10H,6,11-12H2,1-5H3;1-2H3. The first-order chi connectivity index (χ1) is 11.0. The second-order valence-corrected chi connectivity index (χ2v) is 7.37. The second-order valence-electron chi connectivity index (χ2n) is 5.70. The van der Waals surface area contributed by atoms with Gasteiger partial charge in [0.15, 0.2) is 0 Å². The molecule has 1 heterocycles. The van der Waals surface area contributed by atoms with Gasteiger partial charge in [0, 0.05) is 30.2 Å². The first-order valence-electron chi connectivity index (χ1n) is 8.30. The third kappa shape index (κ3) is 4.66. The average molecular weight is 338 g/mol. The van der Waals surface area contributed by atoms with Crippen molar-refractivity contribution in [3.63, 3.8) is 0 Å². The maximum Gasteiger partial charge on any atom is 0.127 e. The molecular formula is C18H31N3OS. The summed E-state index contributed by atoms with van der Waals surface area (Å²) in [5, 5.41) is 1.23. The molecule has 1 aromatic carbocycles. The fourth-order valence-corrected chi connectivity index (χ4v) is 3.58. The molecule has 0 radical (unpaired) electrons. The van der Waals surface area contributed by atoms with E-state index in [1.54, 1.807) is 4.31 Å². The van der Waals surface area contributed by atoms with Crippen LogP contribution in [0.2, 0.25) is 0 Å². The van der Waals surface area contributed by atoms with Crippen LogP contribution in [0.1, 0.15) is 26.3 Å². The lowest BCUT2D eigenvalue weighted by Crippen LogP contribution is -2.18. The number of hydrogen-bond acceptors (Lipinski definition) is 2. The summed E-state index contributed by atoms with van der Waals surface area (Å²) in [4.78, 5) is 3.11. The van der Waals surface area contributed by atoms with Crippen molar-refractivity contribution in [2.24, 2.45) is 0 Å². The predicted molar refractivity (Wildman–Crippen MR) is 101 cm³/mol. The minimum atomic E-state index is -1.09. The van der Waals surface area contributed by atoms with Crippen molar-refractivity contribution in [3.8, 4) is 0 Å². The van der Waals surface area contributed by atoms with Gasteiger partial charge in [0.05, 0.1) is 4.90 Å². The van der Waals surface area contributed by atoms with Crippen LogP contribution in [0.15, 0.2) is 29.3 Å². The number of fused-ring (bicyclic) bond motifs is 1. The Hall–Kier alpha value is -1.17. The first kappa shape index (κ1) is 19.9. The first-order valence-corrected chi connectivity index (χ1v) is 9.41. The maximum absolute atomic E-state index is 12.4. The van der Waals surface area contributed by atoms with Gasteiger partial charge in [-0.15, -0.1) is 0 Å². The lowest BCUT2D eigenvalue weighted by atomic mass is 10.1. The van der Waals surface area contributed by atoms with Crippen LogP contribution in [-0.4, -0.2) is 52.7 Å². The zero-order chi connectivity index (χ0) is 17.6. The van der Waals surface area contributed by atoms with Crippen LogP contribution in [0, 0.1) is 0 Å². The second kappa shape index (κ2) is 9.21. The minimum absolute atomic E-state index is 0.893. The van der Waals surface area contributed by atoms with Crippen molar-refractivity contribution in [3.05, 3.63) is 30.0 Å². The molecule has 0 N–H and O–H groups in total. The zero-order valence-electron chi connectivity index (χ0n) is 15.6. The predicted octanol–water partition coefficient (Wildman–Crippen LogP) is 3.38. The van der Waals surface area contributed by atoms with Gasteiger partial charge in [-0.25, -0.2) is 8.51 Å². The fourth-order valence-electron chi connectivity index (χ4n) is 2.54. The van der Waals surface area contributed by atoms with E-state index in [1.807, 2.05) is 34.0 Å². The van der Waals surface area contributed by atoms with E-state index >= 15 is 0 Å². The van der Waals surface area contributed by atoms with Crippen LogP contribution in [0.4, 0.5) is 0 Å². The van der Waals surface area contributed by atoms with Gasteiger partial charge in [0.25, 0.3) is 0 Å². The minimum Gasteiger partial charge on any atom is -0.346 e. The van der Waals surface area contributed by atoms with E-state index in [-0.39, 0.29) is 0 Å². The monoisotopic (exact) mass is 337 g/mol. The van der Waals surface area contributed by atoms with Crippen LogP contribution >= 0.6 is 0 Å². The summed E-state index contributed by atoms with van der Waals surface area (Å²) < 4.78 is 16.4. The summed E-state index contributed by atoms with van der Waals surface area (Å²) in [7, 11) is 6.78. The normalized spacial score (nSPS) is 12.6. The van der Waals surface area contributed by atoms with Crippen molar-refractivity contribution in [2.75, 3.05) is 34.7 Å². The van der Waals surface area contributed by atoms with E-state index in [0.717, 1.165) is 24.4 Å². The number of benzene rings is 1. The van der Waals surface area contributed by atoms with Crippen LogP contribution in [0.5, 0.6) is 0 Å². The van der Waals surface area contributed by atoms with E-state index < -0.39 is 11.0 Å². The highest BCUT2D eigenvalue weighted by atomic mass is 32.2. The molecule has 1 atom stereocenters. The quantitative estimate of drug-likeness (QED) is 0.808. The Morgan fingerprint density at radius 2 is 1.74 bits per heavy atom. The Morgan fingerprint density at radius 1 is 1.09 bits per heavy atom. The molecule has 0 bridgehead atoms. The Kier molecular flexibility index (Phi) is 7.95. The van der Waals surface area contributed by atoms with Crippen LogP contribution in [-0.2, 0) is 24.0 Å². The fraction of sp³-hybridized carbons (Fsp3) is 0.556. The van der Waals surface area contributed by atoms with Crippen molar-refractivity contribution in [2.45, 2.75) is 38.6 Å². The Morgan fingerprint density at radius 3 is 2.26 bits per heavy atom. The van der Waals surface area contributed by atoms with Crippen molar-refractivity contribution >= 4 is 21.9 Å². The molecule has 0 spiro atoms. The van der Waals surface area contributed by atoms with Crippen molar-refractivity contribution in [1.29, 1.82) is 0 Å². The maximum atomic E-state index is 12.4. The molecule has 2 aromatic rings. The van der Waals surface area contributed by atoms with Crippen LogP contribution in [0.25, 0.3) is 10.9 Å². The smallest absolute Gasteiger partial charge is 0.127 e. The van der Waals surface area contributed by atoms with E-state index in [0.29, 0.717) is 0 Å². The Balaban J connectivity index is 0.00000127. The summed E-state index contributed by atoms with van der Waals surface area (Å²) >= 11 is 0. The van der Waals surface area contributed by atoms with Crippen molar-refractivity contribution in [1.82, 2.24) is 13.8 Å². The molecule has 0 aliphatic rings. The van der Waals surface area contributed by atoms with Gasteiger partial charge in [-0.1, -0.05) is 20.8 Å². The summed E-state index contributed by atoms with van der Waals surface area (Å²) in [6, 6.07) is 6.27. The largest absolute Gasteiger partial charge is 0.346 e. The molecule has 23 heavy (non-hydrogen) atoms. The number of rotatable bonds is 6. The molecule has 2 rings (SSSR count). The van der Waals surface area contributed by atoms with Gasteiger partial charge in [-0.05, 0) is 58.4 Å². The molecule has 0 fully saturated rings. The van der Waals surface area contributed by atoms with Crippen LogP contribution < -0.4 is 0 Å². The summed E-state index contributed by atoms with van der Waals surface area (Å²) in [5.41, 5.74) is 2.43. The molecular weight excluding hydrogens is 306 g/mol. The third-order valence-electron chi connectivity index (χ3n) is 3.68. The topological polar surface area (TPSA) is 28.5 Å². The SMILES string of the molecule is CC.CCc1c(S(=O)N(C)C)ccc2c1ccn2CCN(C)C. The Labute approximate surface area is 143 Å². The van der Waals surface area contributed by atoms with Gasteiger partial charge in [0.2, 0.25) is 0 Å². The molecule has 5 heteroatoms. The number of nitrogens with zero attached hydrogens (tertiary/aromatic N) is 3. The summed E-state index contributed by atoms with van der Waals surface area (Å²) in [6.07, 6.45) is 3.03. The highest BCUT2D eigenvalue weighted by molar-refractivity contribution is 7.82. The lowest BCUT2D eigenvalue weighted by molar-refractivity contribution is 0.387. The molecule has 0 amide bonds. The number of likely N-dealkylation sites (N-methyl/N-ethyl adjacent to an activating group) is 1. The summed E-state index contributed by atoms with van der Waals surface area (Å²) in [6.45, 7) is 8.11. The molecule has 0 saturated heterocycles. The van der Waals surface area contributed by atoms with Gasteiger partial charge in [-0.2, -0.15) is 0 Å². The van der Waals surface area contributed by atoms with Gasteiger partial charge >= 0.3 is 0 Å². The molecule has 4 nitrogen and oxygen atoms in total. The zero-order valence-corrected chi connectivity index (χ0v) is 16.4. The molecule has 1 aromatic heterocycles. The van der Waals surface area contributed by atoms with Gasteiger partial charge in [0.1, 0.15) is 11.0 Å².